The van der Waals surface area contributed by atoms with Gasteiger partial charge in [0.1, 0.15) is 0 Å². The number of hydrogen-bond donors (Lipinski definition) is 1. The summed E-state index contributed by atoms with van der Waals surface area (Å²) in [6.45, 7) is 0. The Labute approximate surface area is 71.2 Å². The topological polar surface area (TPSA) is 57.6 Å². The fraction of sp³-hybridized carbons (Fsp3) is 0.750. The fourth-order valence-electron chi connectivity index (χ4n) is 1.51. The predicted molar refractivity (Wildman–Crippen MR) is 43.1 cm³/mol. The Morgan fingerprint density at radius 2 is 2.25 bits per heavy atom. The molecule has 12 heavy (non-hydrogen) atoms. The Bertz CT molecular complexity index is 202. The van der Waals surface area contributed by atoms with Crippen LogP contribution in [0.15, 0.2) is 0 Å². The number of ketones is 1. The first-order valence-electron chi connectivity index (χ1n) is 4.11. The highest BCUT2D eigenvalue weighted by atomic mass is 16.4. The van der Waals surface area contributed by atoms with E-state index in [0.717, 1.165) is 17.7 Å². The van der Waals surface area contributed by atoms with E-state index in [2.05, 4.69) is 0 Å². The van der Waals surface area contributed by atoms with Crippen LogP contribution in [-0.2, 0) is 4.79 Å². The molecule has 1 N–H and O–H groups in total. The first kappa shape index (κ1) is 9.03. The SMILES string of the molecule is CN(C(=O)O)C1CCCCC1=O. The van der Waals surface area contributed by atoms with Crippen LogP contribution in [0.5, 0.6) is 0 Å². The average Bonchev–Trinajstić information content (AvgIpc) is 2.04. The molecule has 0 aromatic rings. The van der Waals surface area contributed by atoms with Gasteiger partial charge in [-0.3, -0.25) is 4.79 Å². The lowest BCUT2D eigenvalue weighted by Crippen LogP contribution is -2.43. The lowest BCUT2D eigenvalue weighted by Gasteiger charge is -2.27. The molecule has 1 saturated carbocycles. The largest absolute Gasteiger partial charge is 0.465 e. The third-order valence-corrected chi connectivity index (χ3v) is 2.29. The zero-order valence-electron chi connectivity index (χ0n) is 7.12. The van der Waals surface area contributed by atoms with Gasteiger partial charge in [0.05, 0.1) is 6.04 Å². The Morgan fingerprint density at radius 1 is 1.58 bits per heavy atom. The van der Waals surface area contributed by atoms with Crippen LogP contribution in [0.1, 0.15) is 25.7 Å². The van der Waals surface area contributed by atoms with Crippen LogP contribution in [0, 0.1) is 0 Å². The second-order valence-corrected chi connectivity index (χ2v) is 3.12. The molecule has 0 heterocycles. The number of likely N-dealkylation sites (N-methyl/N-ethyl adjacent to an activating group) is 1. The van der Waals surface area contributed by atoms with Gasteiger partial charge in [-0.05, 0) is 12.8 Å². The Morgan fingerprint density at radius 3 is 2.75 bits per heavy atom. The van der Waals surface area contributed by atoms with Gasteiger partial charge in [0.15, 0.2) is 5.78 Å². The van der Waals surface area contributed by atoms with Gasteiger partial charge < -0.3 is 10.0 Å². The van der Waals surface area contributed by atoms with Crippen molar-refractivity contribution in [2.24, 2.45) is 0 Å². The number of amides is 1. The number of hydrogen-bond acceptors (Lipinski definition) is 2. The molecule has 1 rings (SSSR count). The molecule has 0 aromatic carbocycles. The number of carbonyl (C=O) groups is 2. The van der Waals surface area contributed by atoms with E-state index >= 15 is 0 Å². The molecule has 0 aliphatic heterocycles. The van der Waals surface area contributed by atoms with Crippen molar-refractivity contribution in [1.29, 1.82) is 0 Å². The molecule has 0 spiro atoms. The highest BCUT2D eigenvalue weighted by Gasteiger charge is 2.28. The van der Waals surface area contributed by atoms with E-state index in [4.69, 9.17) is 5.11 Å². The summed E-state index contributed by atoms with van der Waals surface area (Å²) in [5, 5.41) is 8.63. The number of rotatable bonds is 1. The van der Waals surface area contributed by atoms with Crippen LogP contribution in [0.4, 0.5) is 4.79 Å². The number of nitrogens with zero attached hydrogens (tertiary/aromatic N) is 1. The molecule has 68 valence electrons. The maximum absolute atomic E-state index is 11.2. The van der Waals surface area contributed by atoms with E-state index < -0.39 is 12.1 Å². The molecule has 1 atom stereocenters. The van der Waals surface area contributed by atoms with Gasteiger partial charge in [-0.15, -0.1) is 0 Å². The van der Waals surface area contributed by atoms with Crippen molar-refractivity contribution in [3.63, 3.8) is 0 Å². The standard InChI is InChI=1S/C8H13NO3/c1-9(8(11)12)6-4-2-3-5-7(6)10/h6H,2-5H2,1H3,(H,11,12). The first-order valence-corrected chi connectivity index (χ1v) is 4.11. The second kappa shape index (κ2) is 3.56. The van der Waals surface area contributed by atoms with Crippen LogP contribution < -0.4 is 0 Å². The van der Waals surface area contributed by atoms with Crippen molar-refractivity contribution in [2.45, 2.75) is 31.7 Å². The molecule has 1 aliphatic rings. The fourth-order valence-corrected chi connectivity index (χ4v) is 1.51. The molecule has 1 fully saturated rings. The van der Waals surface area contributed by atoms with Crippen molar-refractivity contribution >= 4 is 11.9 Å². The zero-order chi connectivity index (χ0) is 9.14. The van der Waals surface area contributed by atoms with E-state index in [9.17, 15) is 9.59 Å². The predicted octanol–water partition coefficient (Wildman–Crippen LogP) is 1.11. The molecular weight excluding hydrogens is 158 g/mol. The summed E-state index contributed by atoms with van der Waals surface area (Å²) in [5.41, 5.74) is 0. The Hall–Kier alpha value is -1.06. The lowest BCUT2D eigenvalue weighted by atomic mass is 9.93. The van der Waals surface area contributed by atoms with Crippen LogP contribution in [-0.4, -0.2) is 35.0 Å². The minimum atomic E-state index is -1.02. The van der Waals surface area contributed by atoms with E-state index in [1.165, 1.54) is 7.05 Å². The monoisotopic (exact) mass is 171 g/mol. The van der Waals surface area contributed by atoms with Crippen LogP contribution in [0.2, 0.25) is 0 Å². The third kappa shape index (κ3) is 1.75. The zero-order valence-corrected chi connectivity index (χ0v) is 7.12. The van der Waals surface area contributed by atoms with Gasteiger partial charge in [0, 0.05) is 13.5 Å². The smallest absolute Gasteiger partial charge is 0.407 e. The normalized spacial score (nSPS) is 23.8. The summed E-state index contributed by atoms with van der Waals surface area (Å²) < 4.78 is 0. The van der Waals surface area contributed by atoms with Crippen molar-refractivity contribution < 1.29 is 14.7 Å². The van der Waals surface area contributed by atoms with Crippen LogP contribution >= 0.6 is 0 Å². The molecule has 1 unspecified atom stereocenters. The van der Waals surface area contributed by atoms with Gasteiger partial charge in [-0.1, -0.05) is 6.42 Å². The van der Waals surface area contributed by atoms with Crippen LogP contribution in [0.25, 0.3) is 0 Å². The van der Waals surface area contributed by atoms with E-state index in [0.29, 0.717) is 12.8 Å². The molecule has 0 saturated heterocycles. The van der Waals surface area contributed by atoms with Crippen molar-refractivity contribution in [3.8, 4) is 0 Å². The Kier molecular flexibility index (Phi) is 2.68. The van der Waals surface area contributed by atoms with E-state index in [-0.39, 0.29) is 5.78 Å². The molecule has 4 nitrogen and oxygen atoms in total. The molecule has 4 heteroatoms. The summed E-state index contributed by atoms with van der Waals surface area (Å²) in [4.78, 5) is 22.9. The number of carboxylic acid groups (broad SMARTS) is 1. The summed E-state index contributed by atoms with van der Waals surface area (Å²) in [6.07, 6.45) is 2.05. The summed E-state index contributed by atoms with van der Waals surface area (Å²) in [7, 11) is 1.45. The van der Waals surface area contributed by atoms with Crippen LogP contribution in [0.3, 0.4) is 0 Å². The Balaban J connectivity index is 2.59. The highest BCUT2D eigenvalue weighted by molar-refractivity contribution is 5.87. The lowest BCUT2D eigenvalue weighted by molar-refractivity contribution is -0.125. The van der Waals surface area contributed by atoms with Crippen molar-refractivity contribution in [3.05, 3.63) is 0 Å². The quantitative estimate of drug-likeness (QED) is 0.642. The van der Waals surface area contributed by atoms with E-state index in [1.807, 2.05) is 0 Å². The van der Waals surface area contributed by atoms with Gasteiger partial charge in [-0.25, -0.2) is 4.79 Å². The highest BCUT2D eigenvalue weighted by Crippen LogP contribution is 2.18. The van der Waals surface area contributed by atoms with Gasteiger partial charge in [0.25, 0.3) is 0 Å². The van der Waals surface area contributed by atoms with Gasteiger partial charge in [-0.2, -0.15) is 0 Å². The molecule has 0 aromatic heterocycles. The average molecular weight is 171 g/mol. The molecule has 0 bridgehead atoms. The van der Waals surface area contributed by atoms with Crippen molar-refractivity contribution in [2.75, 3.05) is 7.05 Å². The maximum atomic E-state index is 11.2. The van der Waals surface area contributed by atoms with E-state index in [1.54, 1.807) is 0 Å². The maximum Gasteiger partial charge on any atom is 0.407 e. The van der Waals surface area contributed by atoms with Gasteiger partial charge in [0.2, 0.25) is 0 Å². The summed E-state index contributed by atoms with van der Waals surface area (Å²) in [5.74, 6) is 0.0613. The second-order valence-electron chi connectivity index (χ2n) is 3.12. The number of carbonyl (C=O) groups excluding carboxylic acids is 1. The molecular formula is C8H13NO3. The minimum Gasteiger partial charge on any atom is -0.465 e. The minimum absolute atomic E-state index is 0.0613. The molecule has 0 radical (unpaired) electrons. The molecule has 1 amide bonds. The number of Topliss-reactive ketones (excluding diaryl/α,β-unsaturated/α-hetero) is 1. The molecule has 1 aliphatic carbocycles. The first-order chi connectivity index (χ1) is 5.63. The third-order valence-electron chi connectivity index (χ3n) is 2.29. The van der Waals surface area contributed by atoms with Crippen molar-refractivity contribution in [1.82, 2.24) is 4.90 Å². The summed E-state index contributed by atoms with van der Waals surface area (Å²) in [6, 6.07) is -0.392. The summed E-state index contributed by atoms with van der Waals surface area (Å²) >= 11 is 0. The van der Waals surface area contributed by atoms with Gasteiger partial charge >= 0.3 is 6.09 Å².